The van der Waals surface area contributed by atoms with Crippen LogP contribution in [0.2, 0.25) is 0 Å². The lowest BCUT2D eigenvalue weighted by Crippen LogP contribution is -2.14. The molecule has 3 aromatic heterocycles. The number of methoxy groups -OCH3 is 1. The van der Waals surface area contributed by atoms with Crippen molar-refractivity contribution >= 4 is 33.9 Å². The number of nitrogens with zero attached hydrogens (tertiary/aromatic N) is 2. The number of hydrogen-bond acceptors (Lipinski definition) is 5. The molecule has 152 valence electrons. The molecule has 0 fully saturated rings. The third-order valence-electron chi connectivity index (χ3n) is 4.93. The number of amides is 1. The number of hydrogen-bond donors (Lipinski definition) is 1. The Bertz CT molecular complexity index is 1290. The number of aryl methyl sites for hydroxylation is 3. The van der Waals surface area contributed by atoms with E-state index in [0.29, 0.717) is 21.8 Å². The number of carbonyl (C=O) groups excluding carboxylic acids is 2. The molecule has 0 radical (unpaired) electrons. The van der Waals surface area contributed by atoms with Gasteiger partial charge in [0.2, 0.25) is 0 Å². The average molecular weight is 420 g/mol. The molecule has 0 saturated carbocycles. The van der Waals surface area contributed by atoms with E-state index >= 15 is 0 Å². The van der Waals surface area contributed by atoms with Gasteiger partial charge in [-0.05, 0) is 44.0 Å². The standard InChI is InChI=1S/C23H21N3O3S/c1-13-5-6-14(2)17(9-13)18-12-30-22(20(18)23(28)29-4)25-21(27)16-7-8-26-11-15(3)24-19(26)10-16/h5-12H,1-4H3,(H,25,27). The first-order valence-electron chi connectivity index (χ1n) is 9.41. The van der Waals surface area contributed by atoms with Crippen LogP contribution in [0.4, 0.5) is 5.00 Å². The number of aromatic nitrogens is 2. The maximum absolute atomic E-state index is 12.9. The van der Waals surface area contributed by atoms with Crippen LogP contribution in [0.15, 0.2) is 48.1 Å². The zero-order valence-electron chi connectivity index (χ0n) is 17.1. The summed E-state index contributed by atoms with van der Waals surface area (Å²) in [5.74, 6) is -0.792. The van der Waals surface area contributed by atoms with Crippen LogP contribution in [0.5, 0.6) is 0 Å². The van der Waals surface area contributed by atoms with Gasteiger partial charge in [-0.2, -0.15) is 0 Å². The fourth-order valence-electron chi connectivity index (χ4n) is 3.40. The summed E-state index contributed by atoms with van der Waals surface area (Å²) >= 11 is 1.31. The minimum absolute atomic E-state index is 0.308. The second-order valence-corrected chi connectivity index (χ2v) is 8.06. The number of thiophene rings is 1. The van der Waals surface area contributed by atoms with Gasteiger partial charge in [-0.1, -0.05) is 23.8 Å². The lowest BCUT2D eigenvalue weighted by molar-refractivity contribution is 0.0603. The molecule has 4 aromatic rings. The number of benzene rings is 1. The number of ether oxygens (including phenoxy) is 1. The third-order valence-corrected chi connectivity index (χ3v) is 5.83. The Morgan fingerprint density at radius 1 is 1.10 bits per heavy atom. The summed E-state index contributed by atoms with van der Waals surface area (Å²) in [5.41, 5.74) is 6.22. The molecule has 0 aliphatic rings. The van der Waals surface area contributed by atoms with Gasteiger partial charge in [-0.25, -0.2) is 9.78 Å². The number of rotatable bonds is 4. The van der Waals surface area contributed by atoms with E-state index in [0.717, 1.165) is 27.9 Å². The monoisotopic (exact) mass is 419 g/mol. The molecule has 7 heteroatoms. The summed E-state index contributed by atoms with van der Waals surface area (Å²) in [7, 11) is 1.34. The Hall–Kier alpha value is -3.45. The normalized spacial score (nSPS) is 10.9. The summed E-state index contributed by atoms with van der Waals surface area (Å²) in [6.45, 7) is 5.90. The lowest BCUT2D eigenvalue weighted by atomic mass is 9.97. The summed E-state index contributed by atoms with van der Waals surface area (Å²) < 4.78 is 6.88. The van der Waals surface area contributed by atoms with Gasteiger partial charge < -0.3 is 14.5 Å². The minimum Gasteiger partial charge on any atom is -0.465 e. The Kier molecular flexibility index (Phi) is 5.13. The van der Waals surface area contributed by atoms with Crippen LogP contribution < -0.4 is 5.32 Å². The van der Waals surface area contributed by atoms with Gasteiger partial charge in [0.1, 0.15) is 16.2 Å². The second kappa shape index (κ2) is 7.76. The molecule has 0 saturated heterocycles. The molecule has 0 bridgehead atoms. The quantitative estimate of drug-likeness (QED) is 0.471. The van der Waals surface area contributed by atoms with Crippen LogP contribution in [0, 0.1) is 20.8 Å². The number of fused-ring (bicyclic) bond motifs is 1. The summed E-state index contributed by atoms with van der Waals surface area (Å²) in [4.78, 5) is 29.9. The van der Waals surface area contributed by atoms with Gasteiger partial charge in [-0.3, -0.25) is 4.79 Å². The predicted octanol–water partition coefficient (Wildman–Crippen LogP) is 5.03. The zero-order valence-corrected chi connectivity index (χ0v) is 18.0. The van der Waals surface area contributed by atoms with Crippen molar-refractivity contribution in [1.82, 2.24) is 9.38 Å². The van der Waals surface area contributed by atoms with E-state index in [2.05, 4.69) is 10.3 Å². The maximum atomic E-state index is 12.9. The smallest absolute Gasteiger partial charge is 0.341 e. The molecule has 0 aliphatic carbocycles. The first-order valence-corrected chi connectivity index (χ1v) is 10.3. The van der Waals surface area contributed by atoms with Crippen molar-refractivity contribution in [3.8, 4) is 11.1 Å². The Labute approximate surface area is 178 Å². The van der Waals surface area contributed by atoms with Crippen molar-refractivity contribution in [2.75, 3.05) is 12.4 Å². The van der Waals surface area contributed by atoms with Crippen molar-refractivity contribution < 1.29 is 14.3 Å². The van der Waals surface area contributed by atoms with E-state index in [1.807, 2.05) is 54.9 Å². The van der Waals surface area contributed by atoms with Crippen molar-refractivity contribution in [2.24, 2.45) is 0 Å². The predicted molar refractivity (Wildman–Crippen MR) is 118 cm³/mol. The molecule has 1 aromatic carbocycles. The molecule has 3 heterocycles. The Morgan fingerprint density at radius 2 is 1.90 bits per heavy atom. The minimum atomic E-state index is -0.484. The molecule has 4 rings (SSSR count). The van der Waals surface area contributed by atoms with E-state index in [1.165, 1.54) is 18.4 Å². The zero-order chi connectivity index (χ0) is 21.4. The molecule has 0 spiro atoms. The highest BCUT2D eigenvalue weighted by molar-refractivity contribution is 7.15. The molecular weight excluding hydrogens is 398 g/mol. The number of anilines is 1. The Morgan fingerprint density at radius 3 is 2.67 bits per heavy atom. The van der Waals surface area contributed by atoms with Crippen LogP contribution in [0.25, 0.3) is 16.8 Å². The number of carbonyl (C=O) groups is 2. The van der Waals surface area contributed by atoms with Crippen LogP contribution in [0.3, 0.4) is 0 Å². The lowest BCUT2D eigenvalue weighted by Gasteiger charge is -2.10. The van der Waals surface area contributed by atoms with Crippen LogP contribution >= 0.6 is 11.3 Å². The van der Waals surface area contributed by atoms with Crippen LogP contribution in [-0.2, 0) is 4.74 Å². The highest BCUT2D eigenvalue weighted by atomic mass is 32.1. The van der Waals surface area contributed by atoms with Crippen molar-refractivity contribution in [2.45, 2.75) is 20.8 Å². The van der Waals surface area contributed by atoms with Gasteiger partial charge >= 0.3 is 5.97 Å². The molecule has 1 amide bonds. The van der Waals surface area contributed by atoms with Gasteiger partial charge in [-0.15, -0.1) is 11.3 Å². The summed E-state index contributed by atoms with van der Waals surface area (Å²) in [6.07, 6.45) is 3.68. The molecule has 1 N–H and O–H groups in total. The SMILES string of the molecule is COC(=O)c1c(-c2cc(C)ccc2C)csc1NC(=O)c1ccn2cc(C)nc2c1. The van der Waals surface area contributed by atoms with Crippen molar-refractivity contribution in [1.29, 1.82) is 0 Å². The van der Waals surface area contributed by atoms with E-state index < -0.39 is 5.97 Å². The van der Waals surface area contributed by atoms with Crippen LogP contribution in [0.1, 0.15) is 37.5 Å². The molecule has 0 unspecified atom stereocenters. The molecule has 6 nitrogen and oxygen atoms in total. The molecular formula is C23H21N3O3S. The van der Waals surface area contributed by atoms with E-state index in [9.17, 15) is 9.59 Å². The number of pyridine rings is 1. The number of esters is 1. The van der Waals surface area contributed by atoms with Crippen LogP contribution in [-0.4, -0.2) is 28.4 Å². The van der Waals surface area contributed by atoms with Gasteiger partial charge in [0, 0.05) is 28.9 Å². The molecule has 0 aliphatic heterocycles. The number of imidazole rings is 1. The number of nitrogens with one attached hydrogen (secondary N) is 1. The maximum Gasteiger partial charge on any atom is 0.341 e. The fourth-order valence-corrected chi connectivity index (χ4v) is 4.35. The van der Waals surface area contributed by atoms with Gasteiger partial charge in [0.15, 0.2) is 0 Å². The summed E-state index contributed by atoms with van der Waals surface area (Å²) in [5, 5.41) is 5.22. The van der Waals surface area contributed by atoms with E-state index in [4.69, 9.17) is 4.74 Å². The van der Waals surface area contributed by atoms with Crippen molar-refractivity contribution in [3.63, 3.8) is 0 Å². The first-order chi connectivity index (χ1) is 14.4. The molecule has 0 atom stereocenters. The first kappa shape index (κ1) is 19.8. The van der Waals surface area contributed by atoms with Gasteiger partial charge in [0.05, 0.1) is 12.8 Å². The topological polar surface area (TPSA) is 72.7 Å². The van der Waals surface area contributed by atoms with Crippen molar-refractivity contribution in [3.05, 3.63) is 76.1 Å². The molecule has 30 heavy (non-hydrogen) atoms. The second-order valence-electron chi connectivity index (χ2n) is 7.18. The Balaban J connectivity index is 1.73. The fraction of sp³-hybridized carbons (Fsp3) is 0.174. The van der Waals surface area contributed by atoms with Gasteiger partial charge in [0.25, 0.3) is 5.91 Å². The largest absolute Gasteiger partial charge is 0.465 e. The average Bonchev–Trinajstić information content (AvgIpc) is 3.30. The summed E-state index contributed by atoms with van der Waals surface area (Å²) in [6, 6.07) is 9.52. The highest BCUT2D eigenvalue weighted by Gasteiger charge is 2.23. The third kappa shape index (κ3) is 3.59. The van der Waals surface area contributed by atoms with E-state index in [-0.39, 0.29) is 5.91 Å². The highest BCUT2D eigenvalue weighted by Crippen LogP contribution is 2.38. The van der Waals surface area contributed by atoms with E-state index in [1.54, 1.807) is 18.3 Å².